The van der Waals surface area contributed by atoms with Crippen molar-refractivity contribution in [2.24, 2.45) is 11.3 Å². The van der Waals surface area contributed by atoms with Gasteiger partial charge in [0.25, 0.3) is 0 Å². The zero-order valence-corrected chi connectivity index (χ0v) is 8.33. The molecular weight excluding hydrogens is 156 g/mol. The number of carbonyl (C=O) groups excluding carboxylic acids is 1. The van der Waals surface area contributed by atoms with Crippen LogP contribution in [0.5, 0.6) is 0 Å². The van der Waals surface area contributed by atoms with Gasteiger partial charge in [-0.1, -0.05) is 20.8 Å². The summed E-state index contributed by atoms with van der Waals surface area (Å²) in [7, 11) is 0. The second-order valence-corrected chi connectivity index (χ2v) is 5.36. The minimum atomic E-state index is -0.125. The quantitative estimate of drug-likeness (QED) is 0.636. The van der Waals surface area contributed by atoms with Crippen LogP contribution in [0.1, 0.15) is 27.2 Å². The molecule has 0 amide bonds. The molecule has 1 nitrogen and oxygen atoms in total. The Morgan fingerprint density at radius 1 is 1.45 bits per heavy atom. The van der Waals surface area contributed by atoms with E-state index < -0.39 is 0 Å². The molecule has 1 rings (SSSR count). The summed E-state index contributed by atoms with van der Waals surface area (Å²) in [6.07, 6.45) is 0.802. The Hall–Kier alpha value is 0.0200. The lowest BCUT2D eigenvalue weighted by Gasteiger charge is -2.27. The lowest BCUT2D eigenvalue weighted by Crippen LogP contribution is -2.28. The molecule has 1 fully saturated rings. The molecule has 0 aromatic carbocycles. The normalized spacial score (nSPS) is 19.5. The zero-order chi connectivity index (χ0) is 8.48. The smallest absolute Gasteiger partial charge is 0.138 e. The number of ketones is 1. The molecule has 0 saturated carbocycles. The Bertz CT molecular complexity index is 153. The molecule has 11 heavy (non-hydrogen) atoms. The van der Waals surface area contributed by atoms with Crippen molar-refractivity contribution in [3.8, 4) is 0 Å². The molecular formula is C9H16OS. The first-order valence-electron chi connectivity index (χ1n) is 4.11. The van der Waals surface area contributed by atoms with E-state index in [1.54, 1.807) is 0 Å². The highest BCUT2D eigenvalue weighted by atomic mass is 32.2. The van der Waals surface area contributed by atoms with E-state index in [1.165, 1.54) is 11.5 Å². The number of hydrogen-bond acceptors (Lipinski definition) is 2. The van der Waals surface area contributed by atoms with Gasteiger partial charge in [-0.2, -0.15) is 11.8 Å². The van der Waals surface area contributed by atoms with Crippen LogP contribution in [0.3, 0.4) is 0 Å². The minimum absolute atomic E-state index is 0.125. The molecule has 0 atom stereocenters. The molecule has 0 aliphatic carbocycles. The highest BCUT2D eigenvalue weighted by molar-refractivity contribution is 8.00. The summed E-state index contributed by atoms with van der Waals surface area (Å²) >= 11 is 1.95. The Labute approximate surface area is 72.9 Å². The Balaban J connectivity index is 2.30. The van der Waals surface area contributed by atoms with Crippen LogP contribution in [0.15, 0.2) is 0 Å². The summed E-state index contributed by atoms with van der Waals surface area (Å²) < 4.78 is 0. The lowest BCUT2D eigenvalue weighted by molar-refractivity contribution is -0.127. The van der Waals surface area contributed by atoms with Gasteiger partial charge in [0.2, 0.25) is 0 Å². The average molecular weight is 172 g/mol. The summed E-state index contributed by atoms with van der Waals surface area (Å²) in [4.78, 5) is 11.5. The molecule has 0 bridgehead atoms. The van der Waals surface area contributed by atoms with Gasteiger partial charge >= 0.3 is 0 Å². The maximum atomic E-state index is 11.5. The largest absolute Gasteiger partial charge is 0.299 e. The van der Waals surface area contributed by atoms with Crippen molar-refractivity contribution < 1.29 is 4.79 Å². The first-order valence-corrected chi connectivity index (χ1v) is 5.26. The van der Waals surface area contributed by atoms with Crippen molar-refractivity contribution in [3.63, 3.8) is 0 Å². The second kappa shape index (κ2) is 3.18. The Morgan fingerprint density at radius 2 is 2.00 bits per heavy atom. The molecule has 1 aliphatic heterocycles. The SMILES string of the molecule is CC(C)(C)C(=O)CC1CSC1. The molecule has 1 aliphatic rings. The fourth-order valence-corrected chi connectivity index (χ4v) is 1.78. The third kappa shape index (κ3) is 2.51. The fourth-order valence-electron chi connectivity index (χ4n) is 0.971. The van der Waals surface area contributed by atoms with Gasteiger partial charge in [0.15, 0.2) is 0 Å². The van der Waals surface area contributed by atoms with Gasteiger partial charge in [0.05, 0.1) is 0 Å². The number of Topliss-reactive ketones (excluding diaryl/α,β-unsaturated/α-hetero) is 1. The maximum Gasteiger partial charge on any atom is 0.138 e. The fraction of sp³-hybridized carbons (Fsp3) is 0.889. The van der Waals surface area contributed by atoms with Crippen LogP contribution in [0.4, 0.5) is 0 Å². The highest BCUT2D eigenvalue weighted by Crippen LogP contribution is 2.30. The monoisotopic (exact) mass is 172 g/mol. The van der Waals surface area contributed by atoms with Crippen LogP contribution in [0, 0.1) is 11.3 Å². The molecule has 0 radical (unpaired) electrons. The maximum absolute atomic E-state index is 11.5. The summed E-state index contributed by atoms with van der Waals surface area (Å²) in [6, 6.07) is 0. The van der Waals surface area contributed by atoms with E-state index in [2.05, 4.69) is 0 Å². The summed E-state index contributed by atoms with van der Waals surface area (Å²) in [6.45, 7) is 6.00. The first kappa shape index (κ1) is 9.11. The van der Waals surface area contributed by atoms with E-state index in [-0.39, 0.29) is 5.41 Å². The van der Waals surface area contributed by atoms with Crippen molar-refractivity contribution in [1.29, 1.82) is 0 Å². The third-order valence-electron chi connectivity index (χ3n) is 2.02. The van der Waals surface area contributed by atoms with Gasteiger partial charge in [-0.25, -0.2) is 0 Å². The minimum Gasteiger partial charge on any atom is -0.299 e. The highest BCUT2D eigenvalue weighted by Gasteiger charge is 2.27. The summed E-state index contributed by atoms with van der Waals surface area (Å²) in [5, 5.41) is 0. The van der Waals surface area contributed by atoms with Gasteiger partial charge in [0, 0.05) is 11.8 Å². The number of rotatable bonds is 2. The second-order valence-electron chi connectivity index (χ2n) is 4.28. The number of carbonyl (C=O) groups is 1. The van der Waals surface area contributed by atoms with Gasteiger partial charge in [-0.05, 0) is 17.4 Å². The Kier molecular flexibility index (Phi) is 2.63. The molecule has 1 heterocycles. The van der Waals surface area contributed by atoms with Crippen LogP contribution in [-0.2, 0) is 4.79 Å². The average Bonchev–Trinajstić information content (AvgIpc) is 1.75. The van der Waals surface area contributed by atoms with E-state index in [9.17, 15) is 4.79 Å². The van der Waals surface area contributed by atoms with E-state index in [4.69, 9.17) is 0 Å². The first-order chi connectivity index (χ1) is 5.00. The predicted octanol–water partition coefficient (Wildman–Crippen LogP) is 2.35. The summed E-state index contributed by atoms with van der Waals surface area (Å²) in [5.74, 6) is 3.50. The standard InChI is InChI=1S/C9H16OS/c1-9(2,3)8(10)4-7-5-11-6-7/h7H,4-6H2,1-3H3. The van der Waals surface area contributed by atoms with Gasteiger partial charge in [-0.15, -0.1) is 0 Å². The Morgan fingerprint density at radius 3 is 2.27 bits per heavy atom. The van der Waals surface area contributed by atoms with Crippen molar-refractivity contribution in [3.05, 3.63) is 0 Å². The van der Waals surface area contributed by atoms with Crippen LogP contribution in [-0.4, -0.2) is 17.3 Å². The van der Waals surface area contributed by atoms with E-state index in [1.807, 2.05) is 32.5 Å². The van der Waals surface area contributed by atoms with Gasteiger partial charge < -0.3 is 0 Å². The topological polar surface area (TPSA) is 17.1 Å². The van der Waals surface area contributed by atoms with E-state index in [0.717, 1.165) is 6.42 Å². The number of thioether (sulfide) groups is 1. The summed E-state index contributed by atoms with van der Waals surface area (Å²) in [5.41, 5.74) is -0.125. The molecule has 64 valence electrons. The molecule has 0 aromatic rings. The van der Waals surface area contributed by atoms with Gasteiger partial charge in [0.1, 0.15) is 5.78 Å². The molecule has 0 N–H and O–H groups in total. The molecule has 0 unspecified atom stereocenters. The van der Waals surface area contributed by atoms with E-state index in [0.29, 0.717) is 11.7 Å². The van der Waals surface area contributed by atoms with Crippen LogP contribution in [0.25, 0.3) is 0 Å². The van der Waals surface area contributed by atoms with Crippen molar-refractivity contribution in [2.45, 2.75) is 27.2 Å². The lowest BCUT2D eigenvalue weighted by atomic mass is 9.86. The van der Waals surface area contributed by atoms with Gasteiger partial charge in [-0.3, -0.25) is 4.79 Å². The van der Waals surface area contributed by atoms with Crippen molar-refractivity contribution >= 4 is 17.5 Å². The number of hydrogen-bond donors (Lipinski definition) is 0. The van der Waals surface area contributed by atoms with Crippen molar-refractivity contribution in [2.75, 3.05) is 11.5 Å². The molecule has 1 saturated heterocycles. The van der Waals surface area contributed by atoms with Crippen LogP contribution in [0.2, 0.25) is 0 Å². The molecule has 0 aromatic heterocycles. The van der Waals surface area contributed by atoms with Crippen LogP contribution >= 0.6 is 11.8 Å². The molecule has 2 heteroatoms. The van der Waals surface area contributed by atoms with Crippen molar-refractivity contribution in [1.82, 2.24) is 0 Å². The predicted molar refractivity (Wildman–Crippen MR) is 49.9 cm³/mol. The zero-order valence-electron chi connectivity index (χ0n) is 7.52. The third-order valence-corrected chi connectivity index (χ3v) is 3.43. The van der Waals surface area contributed by atoms with Crippen LogP contribution < -0.4 is 0 Å². The molecule has 0 spiro atoms. The van der Waals surface area contributed by atoms with E-state index >= 15 is 0 Å².